The Labute approximate surface area is 306 Å². The van der Waals surface area contributed by atoms with Gasteiger partial charge in [0.2, 0.25) is 0 Å². The minimum Gasteiger partial charge on any atom is -0.513 e. The number of aliphatic hydroxyl groups excluding tert-OH is 2. The standard InChI is InChI=1S/C45H74N2O3/c1-29(2)34-13-20-44(25-30(3)47-24-17-33(49)28-47)23-22-41(10)35(38(34)44)14-21-45(46)42(11)18-16-37(40(8,9)36(42)15-19-43(41,45)12)50-32(5)27-39(6,7)26-31(4)48/h33-38,48-49H,1,3-5,13-28,46H2,2,6-12H3/t33-,34-,35?,36-,37?,38+,41+,42-,43-,44+,45-/m0/s1. The third-order valence-corrected chi connectivity index (χ3v) is 17.4. The summed E-state index contributed by atoms with van der Waals surface area (Å²) in [5.41, 5.74) is 10.9. The quantitative estimate of drug-likeness (QED) is 0.157. The van der Waals surface area contributed by atoms with Crippen molar-refractivity contribution >= 4 is 0 Å². The first-order chi connectivity index (χ1) is 23.1. The molecule has 4 N–H and O–H groups in total. The molecule has 5 aliphatic carbocycles. The highest BCUT2D eigenvalue weighted by Crippen LogP contribution is 2.78. The van der Waals surface area contributed by atoms with Gasteiger partial charge in [-0.1, -0.05) is 80.4 Å². The Morgan fingerprint density at radius 1 is 0.860 bits per heavy atom. The molecular weight excluding hydrogens is 617 g/mol. The first kappa shape index (κ1) is 38.0. The van der Waals surface area contributed by atoms with Crippen LogP contribution in [0.25, 0.3) is 0 Å². The first-order valence-corrected chi connectivity index (χ1v) is 20.3. The Hall–Kier alpha value is -1.72. The lowest BCUT2D eigenvalue weighted by molar-refractivity contribution is -0.259. The fourth-order valence-electron chi connectivity index (χ4n) is 14.8. The lowest BCUT2D eigenvalue weighted by atomic mass is 9.29. The smallest absolute Gasteiger partial charge is 0.104 e. The van der Waals surface area contributed by atoms with Crippen LogP contribution < -0.4 is 5.73 Å². The lowest BCUT2D eigenvalue weighted by Crippen LogP contribution is -2.78. The topological polar surface area (TPSA) is 79.0 Å². The van der Waals surface area contributed by atoms with E-state index in [4.69, 9.17) is 10.5 Å². The molecule has 50 heavy (non-hydrogen) atoms. The summed E-state index contributed by atoms with van der Waals surface area (Å²) in [5.74, 6) is 3.34. The van der Waals surface area contributed by atoms with Crippen molar-refractivity contribution in [3.05, 3.63) is 49.1 Å². The predicted molar refractivity (Wildman–Crippen MR) is 207 cm³/mol. The minimum absolute atomic E-state index is 0.0232. The van der Waals surface area contributed by atoms with Gasteiger partial charge in [0.25, 0.3) is 0 Å². The maximum absolute atomic E-state index is 10.3. The molecule has 2 unspecified atom stereocenters. The number of hydrogen-bond donors (Lipinski definition) is 3. The van der Waals surface area contributed by atoms with Crippen molar-refractivity contribution in [2.45, 2.75) is 163 Å². The maximum Gasteiger partial charge on any atom is 0.104 e. The minimum atomic E-state index is -0.247. The second-order valence-corrected chi connectivity index (χ2v) is 21.0. The van der Waals surface area contributed by atoms with Crippen LogP contribution in [0.2, 0.25) is 0 Å². The van der Waals surface area contributed by atoms with Gasteiger partial charge in [-0.2, -0.15) is 0 Å². The van der Waals surface area contributed by atoms with Gasteiger partial charge in [0.1, 0.15) is 6.10 Å². The Morgan fingerprint density at radius 3 is 2.18 bits per heavy atom. The first-order valence-electron chi connectivity index (χ1n) is 20.3. The van der Waals surface area contributed by atoms with E-state index in [0.29, 0.717) is 36.5 Å². The summed E-state index contributed by atoms with van der Waals surface area (Å²) in [6, 6.07) is 0. The molecule has 0 bridgehead atoms. The van der Waals surface area contributed by atoms with E-state index in [-0.39, 0.29) is 56.0 Å². The SMILES string of the molecule is C=C(O)CC(C)(C)CC(=C)OC1CC[C@@]2(C)[C@@H](CC[C@]3(C)[C@]2(N)CCC2[C@H]4[C@H](C(=C)C)CC[C@]4(CC(=C)N4CC[C@H](O)C4)CC[C@]23C)C1(C)C. The van der Waals surface area contributed by atoms with Crippen LogP contribution in [0.1, 0.15) is 145 Å². The molecule has 6 fully saturated rings. The summed E-state index contributed by atoms with van der Waals surface area (Å²) in [4.78, 5) is 2.39. The molecule has 1 aliphatic heterocycles. The summed E-state index contributed by atoms with van der Waals surface area (Å²) < 4.78 is 6.81. The molecule has 6 aliphatic rings. The third kappa shape index (κ3) is 5.59. The highest BCUT2D eigenvalue weighted by Gasteiger charge is 2.75. The van der Waals surface area contributed by atoms with Gasteiger partial charge in [0.05, 0.1) is 17.6 Å². The van der Waals surface area contributed by atoms with E-state index in [1.165, 1.54) is 56.2 Å². The average molecular weight is 691 g/mol. The van der Waals surface area contributed by atoms with Crippen LogP contribution in [-0.2, 0) is 4.74 Å². The van der Waals surface area contributed by atoms with E-state index in [0.717, 1.165) is 51.0 Å². The predicted octanol–water partition coefficient (Wildman–Crippen LogP) is 10.5. The summed E-state index contributed by atoms with van der Waals surface area (Å²) in [7, 11) is 0. The van der Waals surface area contributed by atoms with E-state index >= 15 is 0 Å². The Kier molecular flexibility index (Phi) is 9.45. The Bertz CT molecular complexity index is 1400. The zero-order chi connectivity index (χ0) is 36.9. The average Bonchev–Trinajstić information content (AvgIpc) is 3.60. The van der Waals surface area contributed by atoms with Crippen molar-refractivity contribution in [1.29, 1.82) is 0 Å². The van der Waals surface area contributed by atoms with Crippen LogP contribution in [-0.4, -0.2) is 45.9 Å². The second kappa shape index (κ2) is 12.4. The van der Waals surface area contributed by atoms with E-state index in [9.17, 15) is 10.2 Å². The number of fused-ring (bicyclic) bond motifs is 7. The van der Waals surface area contributed by atoms with E-state index < -0.39 is 0 Å². The number of ether oxygens (including phenoxy) is 1. The monoisotopic (exact) mass is 691 g/mol. The van der Waals surface area contributed by atoms with E-state index in [1.54, 1.807) is 0 Å². The largest absolute Gasteiger partial charge is 0.513 e. The van der Waals surface area contributed by atoms with Gasteiger partial charge >= 0.3 is 0 Å². The number of hydrogen-bond acceptors (Lipinski definition) is 5. The molecule has 1 heterocycles. The van der Waals surface area contributed by atoms with Gasteiger partial charge in [0.15, 0.2) is 0 Å². The van der Waals surface area contributed by atoms with Gasteiger partial charge in [-0.25, -0.2) is 0 Å². The zero-order valence-electron chi connectivity index (χ0n) is 33.4. The number of β-amino-alcohol motifs (C(OH)–C–C–N with tert-alkyl or cyclic N) is 1. The van der Waals surface area contributed by atoms with Crippen LogP contribution in [0.15, 0.2) is 49.1 Å². The van der Waals surface area contributed by atoms with Crippen molar-refractivity contribution in [3.8, 4) is 0 Å². The van der Waals surface area contributed by atoms with Crippen molar-refractivity contribution in [1.82, 2.24) is 4.90 Å². The molecule has 5 nitrogen and oxygen atoms in total. The molecule has 5 heteroatoms. The normalized spacial score (nSPS) is 45.1. The fraction of sp³-hybridized carbons (Fsp3) is 0.822. The van der Waals surface area contributed by atoms with Crippen LogP contribution in [0.3, 0.4) is 0 Å². The number of nitrogens with two attached hydrogens (primary N) is 1. The molecule has 0 amide bonds. The van der Waals surface area contributed by atoms with Crippen LogP contribution in [0, 0.1) is 56.2 Å². The number of likely N-dealkylation sites (tertiary alicyclic amines) is 1. The van der Waals surface area contributed by atoms with E-state index in [1.807, 2.05) is 0 Å². The maximum atomic E-state index is 10.3. The highest BCUT2D eigenvalue weighted by atomic mass is 16.5. The molecule has 282 valence electrons. The fourth-order valence-corrected chi connectivity index (χ4v) is 14.8. The van der Waals surface area contributed by atoms with Crippen molar-refractivity contribution in [2.75, 3.05) is 13.1 Å². The molecule has 0 aromatic rings. The van der Waals surface area contributed by atoms with Gasteiger partial charge in [-0.15, -0.1) is 0 Å². The summed E-state index contributed by atoms with van der Waals surface area (Å²) in [6.45, 7) is 38.5. The molecule has 5 saturated carbocycles. The van der Waals surface area contributed by atoms with Crippen molar-refractivity contribution < 1.29 is 14.9 Å². The van der Waals surface area contributed by atoms with Gasteiger partial charge in [-0.3, -0.25) is 0 Å². The van der Waals surface area contributed by atoms with Crippen LogP contribution in [0.4, 0.5) is 0 Å². The number of allylic oxidation sites excluding steroid dienone is 4. The Morgan fingerprint density at radius 2 is 1.56 bits per heavy atom. The molecule has 11 atom stereocenters. The zero-order valence-corrected chi connectivity index (χ0v) is 33.4. The molecular formula is C45H74N2O3. The summed E-state index contributed by atoms with van der Waals surface area (Å²) in [6.07, 6.45) is 14.8. The van der Waals surface area contributed by atoms with Gasteiger partial charge in [-0.05, 0) is 135 Å². The van der Waals surface area contributed by atoms with Crippen molar-refractivity contribution in [3.63, 3.8) is 0 Å². The third-order valence-electron chi connectivity index (χ3n) is 17.4. The number of rotatable bonds is 10. The van der Waals surface area contributed by atoms with E-state index in [2.05, 4.69) is 86.6 Å². The number of aliphatic hydroxyl groups is 2. The van der Waals surface area contributed by atoms with Crippen LogP contribution in [0.5, 0.6) is 0 Å². The Balaban J connectivity index is 1.27. The molecule has 0 aromatic carbocycles. The van der Waals surface area contributed by atoms with Gasteiger partial charge in [0, 0.05) is 42.6 Å². The molecule has 6 rings (SSSR count). The highest BCUT2D eigenvalue weighted by molar-refractivity contribution is 5.29. The van der Waals surface area contributed by atoms with Gasteiger partial charge < -0.3 is 25.6 Å². The van der Waals surface area contributed by atoms with Crippen molar-refractivity contribution in [2.24, 2.45) is 61.9 Å². The summed E-state index contributed by atoms with van der Waals surface area (Å²) in [5, 5.41) is 20.2. The molecule has 0 aromatic heterocycles. The summed E-state index contributed by atoms with van der Waals surface area (Å²) >= 11 is 0. The lowest BCUT2D eigenvalue weighted by Gasteiger charge is -2.77. The molecule has 0 radical (unpaired) electrons. The molecule has 0 spiro atoms. The second-order valence-electron chi connectivity index (χ2n) is 21.0. The number of nitrogens with zero attached hydrogens (tertiary/aromatic N) is 1. The molecule has 1 saturated heterocycles. The van der Waals surface area contributed by atoms with Crippen LogP contribution >= 0.6 is 0 Å².